The van der Waals surface area contributed by atoms with Gasteiger partial charge in [-0.15, -0.1) is 11.3 Å². The van der Waals surface area contributed by atoms with Crippen molar-refractivity contribution in [2.75, 3.05) is 19.6 Å². The molecule has 1 fully saturated rings. The highest BCUT2D eigenvalue weighted by Crippen LogP contribution is 2.09. The lowest BCUT2D eigenvalue weighted by Crippen LogP contribution is -2.44. The van der Waals surface area contributed by atoms with Gasteiger partial charge in [-0.3, -0.25) is 4.79 Å². The van der Waals surface area contributed by atoms with Crippen LogP contribution in [0, 0.1) is 0 Å². The van der Waals surface area contributed by atoms with Gasteiger partial charge in [0, 0.05) is 12.6 Å². The highest BCUT2D eigenvalue weighted by molar-refractivity contribution is 7.12. The van der Waals surface area contributed by atoms with Crippen LogP contribution >= 0.6 is 11.3 Å². The SMILES string of the molecule is O=C(CNC1CCCNC1)c1cccs1. The summed E-state index contributed by atoms with van der Waals surface area (Å²) in [6.07, 6.45) is 2.37. The lowest BCUT2D eigenvalue weighted by Gasteiger charge is -2.23. The first-order valence-corrected chi connectivity index (χ1v) is 6.25. The minimum Gasteiger partial charge on any atom is -0.315 e. The molecule has 2 heterocycles. The second-order valence-electron chi connectivity index (χ2n) is 3.82. The molecule has 0 aliphatic carbocycles. The van der Waals surface area contributed by atoms with Crippen LogP contribution in [-0.2, 0) is 0 Å². The summed E-state index contributed by atoms with van der Waals surface area (Å²) >= 11 is 1.51. The van der Waals surface area contributed by atoms with Crippen molar-refractivity contribution in [3.8, 4) is 0 Å². The Labute approximate surface area is 93.9 Å². The van der Waals surface area contributed by atoms with Gasteiger partial charge in [0.2, 0.25) is 0 Å². The number of piperidine rings is 1. The molecule has 0 radical (unpaired) electrons. The number of rotatable bonds is 4. The first-order chi connectivity index (χ1) is 7.36. The van der Waals surface area contributed by atoms with Crippen LogP contribution in [0.1, 0.15) is 22.5 Å². The highest BCUT2D eigenvalue weighted by Gasteiger charge is 2.14. The second-order valence-corrected chi connectivity index (χ2v) is 4.77. The molecular formula is C11H16N2OS. The third kappa shape index (κ3) is 3.12. The van der Waals surface area contributed by atoms with Gasteiger partial charge in [0.15, 0.2) is 5.78 Å². The first-order valence-electron chi connectivity index (χ1n) is 5.37. The molecule has 0 bridgehead atoms. The van der Waals surface area contributed by atoms with Crippen molar-refractivity contribution >= 4 is 17.1 Å². The van der Waals surface area contributed by atoms with E-state index in [1.165, 1.54) is 24.2 Å². The molecule has 1 aliphatic heterocycles. The molecule has 0 spiro atoms. The Morgan fingerprint density at radius 3 is 3.27 bits per heavy atom. The molecule has 1 unspecified atom stereocenters. The minimum atomic E-state index is 0.204. The van der Waals surface area contributed by atoms with Gasteiger partial charge in [-0.2, -0.15) is 0 Å². The number of carbonyl (C=O) groups is 1. The predicted octanol–water partition coefficient (Wildman–Crippen LogP) is 1.27. The molecular weight excluding hydrogens is 208 g/mol. The number of Topliss-reactive ketones (excluding diaryl/α,β-unsaturated/α-hetero) is 1. The lowest BCUT2D eigenvalue weighted by molar-refractivity contribution is 0.0989. The van der Waals surface area contributed by atoms with Crippen LogP contribution in [0.15, 0.2) is 17.5 Å². The molecule has 3 nitrogen and oxygen atoms in total. The van der Waals surface area contributed by atoms with E-state index in [0.29, 0.717) is 12.6 Å². The first kappa shape index (κ1) is 10.8. The molecule has 1 aromatic rings. The summed E-state index contributed by atoms with van der Waals surface area (Å²) in [7, 11) is 0. The molecule has 1 atom stereocenters. The number of hydrogen-bond donors (Lipinski definition) is 2. The Balaban J connectivity index is 1.75. The van der Waals surface area contributed by atoms with E-state index in [0.717, 1.165) is 18.0 Å². The minimum absolute atomic E-state index is 0.204. The van der Waals surface area contributed by atoms with Crippen molar-refractivity contribution in [3.05, 3.63) is 22.4 Å². The number of ketones is 1. The third-order valence-electron chi connectivity index (χ3n) is 2.64. The summed E-state index contributed by atoms with van der Waals surface area (Å²) < 4.78 is 0. The second kappa shape index (κ2) is 5.39. The average Bonchev–Trinajstić information content (AvgIpc) is 2.81. The predicted molar refractivity (Wildman–Crippen MR) is 62.5 cm³/mol. The van der Waals surface area contributed by atoms with E-state index in [1.54, 1.807) is 0 Å². The topological polar surface area (TPSA) is 41.1 Å². The molecule has 0 amide bonds. The quantitative estimate of drug-likeness (QED) is 0.757. The van der Waals surface area contributed by atoms with Crippen molar-refractivity contribution in [3.63, 3.8) is 0 Å². The van der Waals surface area contributed by atoms with Crippen LogP contribution in [0.3, 0.4) is 0 Å². The van der Waals surface area contributed by atoms with Gasteiger partial charge in [-0.05, 0) is 30.8 Å². The molecule has 82 valence electrons. The summed E-state index contributed by atoms with van der Waals surface area (Å²) in [6, 6.07) is 4.26. The largest absolute Gasteiger partial charge is 0.315 e. The summed E-state index contributed by atoms with van der Waals surface area (Å²) in [5.74, 6) is 0.204. The lowest BCUT2D eigenvalue weighted by atomic mass is 10.1. The van der Waals surface area contributed by atoms with Crippen molar-refractivity contribution < 1.29 is 4.79 Å². The smallest absolute Gasteiger partial charge is 0.186 e. The molecule has 1 aromatic heterocycles. The van der Waals surface area contributed by atoms with Gasteiger partial charge in [0.25, 0.3) is 0 Å². The monoisotopic (exact) mass is 224 g/mol. The summed E-state index contributed by atoms with van der Waals surface area (Å²) in [5, 5.41) is 8.57. The molecule has 0 aromatic carbocycles. The zero-order chi connectivity index (χ0) is 10.5. The third-order valence-corrected chi connectivity index (χ3v) is 3.56. The number of nitrogens with one attached hydrogen (secondary N) is 2. The van der Waals surface area contributed by atoms with Crippen molar-refractivity contribution in [1.82, 2.24) is 10.6 Å². The Kier molecular flexibility index (Phi) is 3.88. The normalized spacial score (nSPS) is 21.5. The summed E-state index contributed by atoms with van der Waals surface area (Å²) in [6.45, 7) is 2.56. The number of carbonyl (C=O) groups excluding carboxylic acids is 1. The van der Waals surface area contributed by atoms with E-state index in [9.17, 15) is 4.79 Å². The molecule has 2 rings (SSSR count). The standard InChI is InChI=1S/C11H16N2OS/c14-10(11-4-2-6-15-11)8-13-9-3-1-5-12-7-9/h2,4,6,9,12-13H,1,3,5,7-8H2. The Bertz CT molecular complexity index is 304. The van der Waals surface area contributed by atoms with E-state index in [-0.39, 0.29) is 5.78 Å². The average molecular weight is 224 g/mol. The van der Waals surface area contributed by atoms with Crippen LogP contribution in [0.4, 0.5) is 0 Å². The maximum absolute atomic E-state index is 11.7. The van der Waals surface area contributed by atoms with Gasteiger partial charge in [-0.1, -0.05) is 6.07 Å². The van der Waals surface area contributed by atoms with Gasteiger partial charge in [0.1, 0.15) is 0 Å². The Hall–Kier alpha value is -0.710. The van der Waals surface area contributed by atoms with E-state index < -0.39 is 0 Å². The van der Waals surface area contributed by atoms with Crippen molar-refractivity contribution in [2.24, 2.45) is 0 Å². The zero-order valence-electron chi connectivity index (χ0n) is 8.66. The van der Waals surface area contributed by atoms with E-state index >= 15 is 0 Å². The van der Waals surface area contributed by atoms with E-state index in [4.69, 9.17) is 0 Å². The zero-order valence-corrected chi connectivity index (χ0v) is 9.48. The maximum atomic E-state index is 11.7. The van der Waals surface area contributed by atoms with Crippen LogP contribution in [0.5, 0.6) is 0 Å². The van der Waals surface area contributed by atoms with Crippen molar-refractivity contribution in [2.45, 2.75) is 18.9 Å². The molecule has 4 heteroatoms. The maximum Gasteiger partial charge on any atom is 0.186 e. The van der Waals surface area contributed by atoms with Gasteiger partial charge >= 0.3 is 0 Å². The fourth-order valence-electron chi connectivity index (χ4n) is 1.79. The molecule has 0 saturated carbocycles. The van der Waals surface area contributed by atoms with Crippen LogP contribution in [-0.4, -0.2) is 31.5 Å². The van der Waals surface area contributed by atoms with Crippen LogP contribution in [0.25, 0.3) is 0 Å². The Morgan fingerprint density at radius 1 is 1.67 bits per heavy atom. The highest BCUT2D eigenvalue weighted by atomic mass is 32.1. The number of thiophene rings is 1. The number of hydrogen-bond acceptors (Lipinski definition) is 4. The summed E-state index contributed by atoms with van der Waals surface area (Å²) in [4.78, 5) is 12.5. The fourth-order valence-corrected chi connectivity index (χ4v) is 2.45. The van der Waals surface area contributed by atoms with Gasteiger partial charge in [0.05, 0.1) is 11.4 Å². The van der Waals surface area contributed by atoms with E-state index in [1.807, 2.05) is 17.5 Å². The van der Waals surface area contributed by atoms with Crippen molar-refractivity contribution in [1.29, 1.82) is 0 Å². The Morgan fingerprint density at radius 2 is 2.60 bits per heavy atom. The van der Waals surface area contributed by atoms with Crippen LogP contribution < -0.4 is 10.6 Å². The van der Waals surface area contributed by atoms with Crippen LogP contribution in [0.2, 0.25) is 0 Å². The molecule has 1 saturated heterocycles. The molecule has 1 aliphatic rings. The van der Waals surface area contributed by atoms with Gasteiger partial charge < -0.3 is 10.6 Å². The molecule has 15 heavy (non-hydrogen) atoms. The van der Waals surface area contributed by atoms with E-state index in [2.05, 4.69) is 10.6 Å². The summed E-state index contributed by atoms with van der Waals surface area (Å²) in [5.41, 5.74) is 0. The fraction of sp³-hybridized carbons (Fsp3) is 0.545. The molecule has 2 N–H and O–H groups in total. The van der Waals surface area contributed by atoms with Gasteiger partial charge in [-0.25, -0.2) is 0 Å².